The number of hydrogen-bond donors (Lipinski definition) is 3. The molecule has 8 heteroatoms. The maximum Gasteiger partial charge on any atom is 0.0894 e. The van der Waals surface area contributed by atoms with Crippen LogP contribution in [0.1, 0.15) is 58.3 Å². The molecule has 3 fully saturated rings. The van der Waals surface area contributed by atoms with Gasteiger partial charge in [-0.05, 0) is 67.7 Å². The lowest BCUT2D eigenvalue weighted by Crippen LogP contribution is -2.39. The second kappa shape index (κ2) is 16.0. The molecule has 10 atom stereocenters. The van der Waals surface area contributed by atoms with Crippen molar-refractivity contribution in [3.63, 3.8) is 0 Å². The first kappa shape index (κ1) is 32.7. The van der Waals surface area contributed by atoms with E-state index in [2.05, 4.69) is 32.2 Å². The van der Waals surface area contributed by atoms with E-state index in [9.17, 15) is 10.2 Å². The molecule has 3 N–H and O–H groups in total. The summed E-state index contributed by atoms with van der Waals surface area (Å²) < 4.78 is 25.5. The molecule has 3 heterocycles. The van der Waals surface area contributed by atoms with Gasteiger partial charge < -0.3 is 34.3 Å². The Morgan fingerprint density at radius 2 is 1.76 bits per heavy atom. The van der Waals surface area contributed by atoms with E-state index in [1.54, 1.807) is 18.9 Å². The second-order valence-electron chi connectivity index (χ2n) is 12.0. The van der Waals surface area contributed by atoms with Crippen molar-refractivity contribution in [2.45, 2.75) is 112 Å². The molecule has 0 saturated carbocycles. The van der Waals surface area contributed by atoms with Gasteiger partial charge in [-0.2, -0.15) is 0 Å². The summed E-state index contributed by atoms with van der Waals surface area (Å²) >= 11 is 1.79. The van der Waals surface area contributed by atoms with Crippen LogP contribution in [-0.2, 0) is 18.9 Å². The molecule has 41 heavy (non-hydrogen) atoms. The zero-order valence-electron chi connectivity index (χ0n) is 24.7. The number of benzene rings is 1. The number of ether oxygens (including phenoxy) is 4. The largest absolute Gasteiger partial charge is 0.396 e. The van der Waals surface area contributed by atoms with Crippen LogP contribution in [-0.4, -0.2) is 90.2 Å². The number of thioether (sulfide) groups is 1. The first-order valence-corrected chi connectivity index (χ1v) is 16.2. The Kier molecular flexibility index (Phi) is 12.8. The van der Waals surface area contributed by atoms with Gasteiger partial charge in [-0.15, -0.1) is 11.8 Å². The number of rotatable bonds is 15. The highest BCUT2D eigenvalue weighted by atomic mass is 32.2. The van der Waals surface area contributed by atoms with Crippen molar-refractivity contribution >= 4 is 11.8 Å². The van der Waals surface area contributed by atoms with E-state index in [1.807, 2.05) is 18.2 Å². The Balaban J connectivity index is 1.40. The van der Waals surface area contributed by atoms with Gasteiger partial charge in [0, 0.05) is 43.1 Å². The molecule has 7 nitrogen and oxygen atoms in total. The minimum absolute atomic E-state index is 0.0555. The topological polar surface area (TPSA) is 97.6 Å². The summed E-state index contributed by atoms with van der Waals surface area (Å²) in [5.74, 6) is 1.25. The first-order chi connectivity index (χ1) is 19.8. The summed E-state index contributed by atoms with van der Waals surface area (Å²) in [4.78, 5) is 1.20. The number of aliphatic hydroxyl groups is 3. The van der Waals surface area contributed by atoms with Gasteiger partial charge in [-0.25, -0.2) is 0 Å². The zero-order chi connectivity index (χ0) is 29.4. The Bertz CT molecular complexity index is 958. The highest BCUT2D eigenvalue weighted by Crippen LogP contribution is 2.41. The molecule has 1 aromatic rings. The number of hydrogen-bond acceptors (Lipinski definition) is 8. The van der Waals surface area contributed by atoms with Crippen LogP contribution in [0.3, 0.4) is 0 Å². The van der Waals surface area contributed by atoms with Gasteiger partial charge in [0.25, 0.3) is 0 Å². The molecule has 3 unspecified atom stereocenters. The summed E-state index contributed by atoms with van der Waals surface area (Å²) in [7, 11) is 1.70. The molecule has 0 aromatic heterocycles. The Morgan fingerprint density at radius 1 is 1.00 bits per heavy atom. The minimum Gasteiger partial charge on any atom is -0.396 e. The second-order valence-corrected chi connectivity index (χ2v) is 13.1. The lowest BCUT2D eigenvalue weighted by molar-refractivity contribution is -0.0790. The van der Waals surface area contributed by atoms with E-state index in [0.717, 1.165) is 55.4 Å². The van der Waals surface area contributed by atoms with Crippen LogP contribution in [0.25, 0.3) is 0 Å². The monoisotopic (exact) mass is 590 g/mol. The Labute approximate surface area is 250 Å². The van der Waals surface area contributed by atoms with Gasteiger partial charge in [0.1, 0.15) is 0 Å². The quantitative estimate of drug-likeness (QED) is 0.196. The zero-order valence-corrected chi connectivity index (χ0v) is 25.6. The summed E-state index contributed by atoms with van der Waals surface area (Å²) in [6.45, 7) is 10.8. The molecular formula is C33H50O7S. The van der Waals surface area contributed by atoms with Crippen LogP contribution >= 0.6 is 11.8 Å². The maximum atomic E-state index is 10.2. The van der Waals surface area contributed by atoms with Crippen molar-refractivity contribution in [2.75, 3.05) is 26.1 Å². The van der Waals surface area contributed by atoms with Gasteiger partial charge in [0.15, 0.2) is 0 Å². The average molecular weight is 591 g/mol. The van der Waals surface area contributed by atoms with Gasteiger partial charge in [0.2, 0.25) is 0 Å². The maximum absolute atomic E-state index is 10.2. The van der Waals surface area contributed by atoms with E-state index in [0.29, 0.717) is 18.8 Å². The van der Waals surface area contributed by atoms with Gasteiger partial charge in [0.05, 0.1) is 55.4 Å². The van der Waals surface area contributed by atoms with E-state index in [1.165, 1.54) is 4.90 Å². The highest BCUT2D eigenvalue weighted by Gasteiger charge is 2.47. The molecule has 0 bridgehead atoms. The fourth-order valence-electron chi connectivity index (χ4n) is 6.63. The Hall–Kier alpha value is -1.23. The highest BCUT2D eigenvalue weighted by molar-refractivity contribution is 7.99. The fourth-order valence-corrected chi connectivity index (χ4v) is 7.77. The van der Waals surface area contributed by atoms with Crippen LogP contribution in [0.15, 0.2) is 59.5 Å². The number of methoxy groups -OCH3 is 1. The molecule has 0 spiro atoms. The molecule has 230 valence electrons. The van der Waals surface area contributed by atoms with Crippen molar-refractivity contribution in [1.29, 1.82) is 0 Å². The Morgan fingerprint density at radius 3 is 2.46 bits per heavy atom. The molecular weight excluding hydrogens is 540 g/mol. The van der Waals surface area contributed by atoms with E-state index < -0.39 is 6.10 Å². The van der Waals surface area contributed by atoms with Crippen molar-refractivity contribution in [3.05, 3.63) is 54.6 Å². The van der Waals surface area contributed by atoms with Crippen LogP contribution in [0.5, 0.6) is 0 Å². The molecule has 1 aromatic carbocycles. The van der Waals surface area contributed by atoms with Gasteiger partial charge in [-0.1, -0.05) is 38.3 Å². The lowest BCUT2D eigenvalue weighted by Gasteiger charge is -2.38. The molecule has 4 rings (SSSR count). The number of aliphatic hydroxyl groups excluding tert-OH is 3. The summed E-state index contributed by atoms with van der Waals surface area (Å²) in [5.41, 5.74) is 2.26. The first-order valence-electron chi connectivity index (χ1n) is 15.3. The molecule has 3 aliphatic heterocycles. The predicted molar refractivity (Wildman–Crippen MR) is 162 cm³/mol. The van der Waals surface area contributed by atoms with Crippen molar-refractivity contribution in [3.8, 4) is 0 Å². The van der Waals surface area contributed by atoms with Crippen LogP contribution in [0.4, 0.5) is 0 Å². The molecule has 3 aliphatic rings. The fraction of sp³-hybridized carbons (Fsp3) is 0.697. The van der Waals surface area contributed by atoms with E-state index in [4.69, 9.17) is 24.1 Å². The van der Waals surface area contributed by atoms with Gasteiger partial charge in [-0.3, -0.25) is 0 Å². The van der Waals surface area contributed by atoms with Crippen LogP contribution in [0.2, 0.25) is 0 Å². The average Bonchev–Trinajstić information content (AvgIpc) is 3.50. The summed E-state index contributed by atoms with van der Waals surface area (Å²) in [6.07, 6.45) is 4.98. The van der Waals surface area contributed by atoms with Gasteiger partial charge >= 0.3 is 0 Å². The van der Waals surface area contributed by atoms with Crippen molar-refractivity contribution in [1.82, 2.24) is 0 Å². The molecule has 3 saturated heterocycles. The third-order valence-electron chi connectivity index (χ3n) is 8.99. The normalized spacial score (nSPS) is 34.8. The standard InChI is InChI=1S/C33H50O7S/c1-21-15-26(12-13-29-22(2)16-25(38-29)9-8-14-34)39-30(23(21)3)18-31-28(20-41-27-10-6-5-7-11-27)33(37-4)32(40-31)17-24(36)19-35/h5-7,10-11,21,24-26,28-36H,2-3,8-9,12-20H2,1,4H3/t21-,24?,25?,26+,28?,29+,30-,31+,32-,33-/m1/s1. The lowest BCUT2D eigenvalue weighted by atomic mass is 9.83. The van der Waals surface area contributed by atoms with E-state index in [-0.39, 0.29) is 61.9 Å². The smallest absolute Gasteiger partial charge is 0.0894 e. The SMILES string of the molecule is C=C1CC(CCCO)O[C@H]1CC[C@H]1C[C@@H](C)C(=C)[C@@H](C[C@@H]2O[C@H](CC(O)CO)[C@H](OC)C2CSc2ccccc2)O1. The van der Waals surface area contributed by atoms with Crippen LogP contribution < -0.4 is 0 Å². The predicted octanol–water partition coefficient (Wildman–Crippen LogP) is 4.93. The minimum atomic E-state index is -0.847. The van der Waals surface area contributed by atoms with Crippen molar-refractivity contribution in [2.24, 2.45) is 11.8 Å². The molecule has 0 aliphatic carbocycles. The third kappa shape index (κ3) is 8.89. The summed E-state index contributed by atoms with van der Waals surface area (Å²) in [5, 5.41) is 28.9. The molecule has 0 radical (unpaired) electrons. The summed E-state index contributed by atoms with van der Waals surface area (Å²) in [6, 6.07) is 10.3. The van der Waals surface area contributed by atoms with E-state index >= 15 is 0 Å². The third-order valence-corrected chi connectivity index (χ3v) is 10.1. The molecule has 0 amide bonds. The van der Waals surface area contributed by atoms with Crippen molar-refractivity contribution < 1.29 is 34.3 Å². The van der Waals surface area contributed by atoms with Crippen LogP contribution in [0, 0.1) is 11.8 Å².